The van der Waals surface area contributed by atoms with E-state index in [2.05, 4.69) is 29.5 Å². The van der Waals surface area contributed by atoms with Gasteiger partial charge in [0.25, 0.3) is 0 Å². The van der Waals surface area contributed by atoms with Crippen molar-refractivity contribution in [1.29, 1.82) is 0 Å². The number of thiol groups is 1. The van der Waals surface area contributed by atoms with Crippen LogP contribution in [-0.4, -0.2) is 21.8 Å². The van der Waals surface area contributed by atoms with Gasteiger partial charge in [0, 0.05) is 6.20 Å². The highest BCUT2D eigenvalue weighted by molar-refractivity contribution is 7.80. The minimum absolute atomic E-state index is 0.163. The van der Waals surface area contributed by atoms with E-state index >= 15 is 0 Å². The van der Waals surface area contributed by atoms with Crippen LogP contribution in [0.15, 0.2) is 18.3 Å². The number of carboxylic acids is 1. The first-order valence-corrected chi connectivity index (χ1v) is 4.16. The summed E-state index contributed by atoms with van der Waals surface area (Å²) in [6, 6.07) is 3.04. The number of carbonyl (C=O) groups is 1. The molecule has 0 bridgehead atoms. The van der Waals surface area contributed by atoms with E-state index in [4.69, 9.17) is 5.11 Å². The summed E-state index contributed by atoms with van der Waals surface area (Å²) in [5.74, 6) is 4.92. The normalized spacial score (nSPS) is 8.69. The van der Waals surface area contributed by atoms with Crippen LogP contribution in [0, 0.1) is 11.8 Å². The van der Waals surface area contributed by atoms with Crippen LogP contribution >= 0.6 is 12.6 Å². The molecule has 0 aliphatic rings. The third kappa shape index (κ3) is 2.80. The van der Waals surface area contributed by atoms with E-state index in [1.54, 1.807) is 6.07 Å². The lowest BCUT2D eigenvalue weighted by Gasteiger charge is -1.92. The zero-order chi connectivity index (χ0) is 9.68. The molecule has 1 rings (SSSR count). The Balaban J connectivity index is 2.87. The number of rotatable bonds is 1. The van der Waals surface area contributed by atoms with Crippen LogP contribution in [0.3, 0.4) is 0 Å². The number of hydrogen-bond donors (Lipinski definition) is 2. The van der Waals surface area contributed by atoms with Gasteiger partial charge in [0.2, 0.25) is 0 Å². The second-order valence-electron chi connectivity index (χ2n) is 2.20. The van der Waals surface area contributed by atoms with Crippen molar-refractivity contribution in [2.24, 2.45) is 0 Å². The van der Waals surface area contributed by atoms with Crippen molar-refractivity contribution in [2.45, 2.75) is 0 Å². The first kappa shape index (κ1) is 9.62. The maximum absolute atomic E-state index is 10.4. The average molecular weight is 193 g/mol. The highest BCUT2D eigenvalue weighted by atomic mass is 32.1. The summed E-state index contributed by atoms with van der Waals surface area (Å²) < 4.78 is 0. The average Bonchev–Trinajstić information content (AvgIpc) is 2.15. The third-order valence-electron chi connectivity index (χ3n) is 1.31. The highest BCUT2D eigenvalue weighted by Gasteiger charge is 2.00. The van der Waals surface area contributed by atoms with Crippen molar-refractivity contribution >= 4 is 18.6 Å². The van der Waals surface area contributed by atoms with Gasteiger partial charge >= 0.3 is 5.97 Å². The Morgan fingerprint density at radius 1 is 1.62 bits per heavy atom. The third-order valence-corrected chi connectivity index (χ3v) is 1.46. The van der Waals surface area contributed by atoms with Gasteiger partial charge in [0.15, 0.2) is 0 Å². The van der Waals surface area contributed by atoms with Gasteiger partial charge in [0.05, 0.1) is 11.3 Å². The minimum atomic E-state index is -0.985. The molecule has 13 heavy (non-hydrogen) atoms. The number of aromatic nitrogens is 1. The molecule has 0 amide bonds. The summed E-state index contributed by atoms with van der Waals surface area (Å²) in [5.41, 5.74) is 0.718. The lowest BCUT2D eigenvalue weighted by atomic mass is 10.2. The summed E-state index contributed by atoms with van der Waals surface area (Å²) in [6.45, 7) is 0. The van der Waals surface area contributed by atoms with Gasteiger partial charge in [-0.25, -0.2) is 9.78 Å². The molecule has 3 nitrogen and oxygen atoms in total. The van der Waals surface area contributed by atoms with Gasteiger partial charge < -0.3 is 5.11 Å². The van der Waals surface area contributed by atoms with Crippen LogP contribution in [0.5, 0.6) is 0 Å². The first-order chi connectivity index (χ1) is 6.24. The molecule has 0 aromatic carbocycles. The molecule has 0 fully saturated rings. The minimum Gasteiger partial charge on any atom is -0.478 e. The zero-order valence-corrected chi connectivity index (χ0v) is 7.58. The molecule has 1 aromatic rings. The lowest BCUT2D eigenvalue weighted by molar-refractivity contribution is 0.0696. The molecular formula is C9H7NO2S. The van der Waals surface area contributed by atoms with Gasteiger partial charge in [-0.05, 0) is 18.1 Å². The van der Waals surface area contributed by atoms with Gasteiger partial charge in [-0.3, -0.25) is 0 Å². The molecular weight excluding hydrogens is 186 g/mol. The number of pyridine rings is 1. The Hall–Kier alpha value is -1.47. The van der Waals surface area contributed by atoms with Gasteiger partial charge in [-0.1, -0.05) is 5.92 Å². The fraction of sp³-hybridized carbons (Fsp3) is 0.111. The molecule has 0 spiro atoms. The Kier molecular flexibility index (Phi) is 3.35. The number of nitrogens with zero attached hydrogens (tertiary/aromatic N) is 1. The number of carboxylic acid groups (broad SMARTS) is 1. The predicted molar refractivity (Wildman–Crippen MR) is 51.9 cm³/mol. The van der Waals surface area contributed by atoms with E-state index in [0.717, 1.165) is 0 Å². The zero-order valence-electron chi connectivity index (χ0n) is 6.69. The fourth-order valence-corrected chi connectivity index (χ4v) is 0.803. The molecule has 0 atom stereocenters. The molecule has 1 N–H and O–H groups in total. The maximum Gasteiger partial charge on any atom is 0.337 e. The molecule has 66 valence electrons. The fourth-order valence-electron chi connectivity index (χ4n) is 0.724. The van der Waals surface area contributed by atoms with Crippen molar-refractivity contribution < 1.29 is 9.90 Å². The molecule has 0 saturated heterocycles. The van der Waals surface area contributed by atoms with Gasteiger partial charge in [-0.2, -0.15) is 12.6 Å². The predicted octanol–water partition coefficient (Wildman–Crippen LogP) is 1.06. The van der Waals surface area contributed by atoms with Crippen LogP contribution in [0.4, 0.5) is 0 Å². The van der Waals surface area contributed by atoms with Crippen molar-refractivity contribution in [3.63, 3.8) is 0 Å². The summed E-state index contributed by atoms with van der Waals surface area (Å²) >= 11 is 3.91. The molecule has 0 aliphatic heterocycles. The summed E-state index contributed by atoms with van der Waals surface area (Å²) in [5, 5.41) is 8.56. The second-order valence-corrected chi connectivity index (χ2v) is 2.51. The standard InChI is InChI=1S/C9H7NO2S/c11-9(12)7-3-4-8(10-6-7)2-1-5-13/h3-4,6,13H,5H2,(H,11,12). The topological polar surface area (TPSA) is 50.2 Å². The van der Waals surface area contributed by atoms with Crippen molar-refractivity contribution in [3.05, 3.63) is 29.6 Å². The molecule has 0 radical (unpaired) electrons. The second kappa shape index (κ2) is 4.53. The highest BCUT2D eigenvalue weighted by Crippen LogP contribution is 1.98. The van der Waals surface area contributed by atoms with E-state index in [-0.39, 0.29) is 5.56 Å². The summed E-state index contributed by atoms with van der Waals surface area (Å²) in [7, 11) is 0. The van der Waals surface area contributed by atoms with Crippen molar-refractivity contribution in [1.82, 2.24) is 4.98 Å². The summed E-state index contributed by atoms with van der Waals surface area (Å²) in [6.07, 6.45) is 1.28. The molecule has 0 aliphatic carbocycles. The quantitative estimate of drug-likeness (QED) is 0.518. The molecule has 4 heteroatoms. The van der Waals surface area contributed by atoms with Crippen molar-refractivity contribution in [2.75, 3.05) is 5.75 Å². The summed E-state index contributed by atoms with van der Waals surface area (Å²) in [4.78, 5) is 14.3. The molecule has 1 heterocycles. The largest absolute Gasteiger partial charge is 0.478 e. The number of aromatic carboxylic acids is 1. The Labute approximate surface area is 81.2 Å². The molecule has 1 aromatic heterocycles. The molecule has 0 unspecified atom stereocenters. The monoisotopic (exact) mass is 193 g/mol. The molecule has 0 saturated carbocycles. The van der Waals surface area contributed by atoms with E-state index < -0.39 is 5.97 Å². The lowest BCUT2D eigenvalue weighted by Crippen LogP contribution is -1.97. The Morgan fingerprint density at radius 3 is 2.85 bits per heavy atom. The van der Waals surface area contributed by atoms with Crippen LogP contribution in [0.1, 0.15) is 16.1 Å². The Bertz CT molecular complexity index is 361. The van der Waals surface area contributed by atoms with Crippen LogP contribution in [-0.2, 0) is 0 Å². The number of hydrogen-bond acceptors (Lipinski definition) is 3. The Morgan fingerprint density at radius 2 is 2.38 bits per heavy atom. The van der Waals surface area contributed by atoms with Crippen LogP contribution < -0.4 is 0 Å². The van der Waals surface area contributed by atoms with Gasteiger partial charge in [-0.15, -0.1) is 0 Å². The van der Waals surface area contributed by atoms with E-state index in [1.165, 1.54) is 12.3 Å². The van der Waals surface area contributed by atoms with Crippen LogP contribution in [0.2, 0.25) is 0 Å². The van der Waals surface area contributed by atoms with Gasteiger partial charge in [0.1, 0.15) is 5.69 Å². The van der Waals surface area contributed by atoms with Crippen molar-refractivity contribution in [3.8, 4) is 11.8 Å². The van der Waals surface area contributed by atoms with E-state index in [9.17, 15) is 4.79 Å². The first-order valence-electron chi connectivity index (χ1n) is 3.53. The SMILES string of the molecule is O=C(O)c1ccc(C#CCS)nc1. The maximum atomic E-state index is 10.4. The smallest absolute Gasteiger partial charge is 0.337 e. The van der Waals surface area contributed by atoms with Crippen LogP contribution in [0.25, 0.3) is 0 Å². The van der Waals surface area contributed by atoms with E-state index in [0.29, 0.717) is 11.4 Å². The van der Waals surface area contributed by atoms with E-state index in [1.807, 2.05) is 0 Å².